The van der Waals surface area contributed by atoms with Gasteiger partial charge in [0.25, 0.3) is 0 Å². The van der Waals surface area contributed by atoms with Gasteiger partial charge in [-0.1, -0.05) is 6.58 Å². The summed E-state index contributed by atoms with van der Waals surface area (Å²) in [6.07, 6.45) is 1.51. The van der Waals surface area contributed by atoms with E-state index >= 15 is 0 Å². The van der Waals surface area contributed by atoms with Crippen molar-refractivity contribution in [2.24, 2.45) is 0 Å². The second-order valence-corrected chi connectivity index (χ2v) is 2.20. The van der Waals surface area contributed by atoms with Crippen molar-refractivity contribution in [1.82, 2.24) is 4.90 Å². The van der Waals surface area contributed by atoms with Crippen molar-refractivity contribution in [3.05, 3.63) is 12.3 Å². The highest BCUT2D eigenvalue weighted by Crippen LogP contribution is 2.18. The van der Waals surface area contributed by atoms with Crippen molar-refractivity contribution in [1.29, 1.82) is 0 Å². The van der Waals surface area contributed by atoms with Gasteiger partial charge in [0, 0.05) is 18.7 Å². The van der Waals surface area contributed by atoms with E-state index in [2.05, 4.69) is 6.58 Å². The molecule has 1 rings (SSSR count). The van der Waals surface area contributed by atoms with Crippen LogP contribution in [0.4, 0.5) is 0 Å². The Labute approximate surface area is 55.2 Å². The van der Waals surface area contributed by atoms with Gasteiger partial charge in [0.05, 0.1) is 0 Å². The van der Waals surface area contributed by atoms with Crippen molar-refractivity contribution in [3.8, 4) is 0 Å². The van der Waals surface area contributed by atoms with E-state index in [1.807, 2.05) is 6.92 Å². The van der Waals surface area contributed by atoms with E-state index in [0.717, 1.165) is 18.7 Å². The van der Waals surface area contributed by atoms with Crippen LogP contribution in [0.15, 0.2) is 12.3 Å². The van der Waals surface area contributed by atoms with Crippen LogP contribution in [0.3, 0.4) is 0 Å². The topological polar surface area (TPSA) is 20.3 Å². The van der Waals surface area contributed by atoms with E-state index in [1.54, 1.807) is 4.90 Å². The molecule has 0 radical (unpaired) electrons. The zero-order valence-electron chi connectivity index (χ0n) is 5.68. The van der Waals surface area contributed by atoms with Crippen molar-refractivity contribution >= 4 is 5.91 Å². The molecule has 1 heterocycles. The summed E-state index contributed by atoms with van der Waals surface area (Å²) < 4.78 is 0. The van der Waals surface area contributed by atoms with Crippen LogP contribution in [0.1, 0.15) is 19.8 Å². The molecule has 0 bridgehead atoms. The maximum atomic E-state index is 10.9. The first kappa shape index (κ1) is 6.33. The van der Waals surface area contributed by atoms with Crippen LogP contribution in [0.25, 0.3) is 0 Å². The summed E-state index contributed by atoms with van der Waals surface area (Å²) in [6.45, 7) is 6.50. The fraction of sp³-hybridized carbons (Fsp3) is 0.571. The molecule has 9 heavy (non-hydrogen) atoms. The van der Waals surface area contributed by atoms with Crippen molar-refractivity contribution in [3.63, 3.8) is 0 Å². The molecule has 0 aromatic carbocycles. The van der Waals surface area contributed by atoms with Crippen LogP contribution in [0, 0.1) is 0 Å². The van der Waals surface area contributed by atoms with E-state index in [4.69, 9.17) is 0 Å². The van der Waals surface area contributed by atoms with E-state index in [9.17, 15) is 4.79 Å². The highest BCUT2D eigenvalue weighted by Gasteiger charge is 2.21. The highest BCUT2D eigenvalue weighted by atomic mass is 16.2. The standard InChI is InChI=1S/C7H11NO/c1-3-8-6(2)4-5-7(8)9/h2-5H2,1H3. The van der Waals surface area contributed by atoms with Crippen LogP contribution in [-0.4, -0.2) is 17.4 Å². The van der Waals surface area contributed by atoms with Gasteiger partial charge in [-0.05, 0) is 13.3 Å². The van der Waals surface area contributed by atoms with Crippen LogP contribution in [0.2, 0.25) is 0 Å². The number of hydrogen-bond acceptors (Lipinski definition) is 1. The average molecular weight is 125 g/mol. The largest absolute Gasteiger partial charge is 0.317 e. The zero-order chi connectivity index (χ0) is 6.85. The number of hydrogen-bond donors (Lipinski definition) is 0. The minimum Gasteiger partial charge on any atom is -0.317 e. The number of likely N-dealkylation sites (tertiary alicyclic amines) is 1. The Bertz CT molecular complexity index is 135. The van der Waals surface area contributed by atoms with Gasteiger partial charge in [-0.2, -0.15) is 0 Å². The molecule has 0 atom stereocenters. The molecule has 0 unspecified atom stereocenters. The molecule has 0 spiro atoms. The Hall–Kier alpha value is -0.790. The van der Waals surface area contributed by atoms with Gasteiger partial charge < -0.3 is 4.90 Å². The summed E-state index contributed by atoms with van der Waals surface area (Å²) in [6, 6.07) is 0. The van der Waals surface area contributed by atoms with Gasteiger partial charge in [0.2, 0.25) is 5.91 Å². The van der Waals surface area contributed by atoms with Gasteiger partial charge in [-0.25, -0.2) is 0 Å². The summed E-state index contributed by atoms with van der Waals surface area (Å²) in [5.74, 6) is 0.225. The first-order valence-electron chi connectivity index (χ1n) is 3.24. The minimum atomic E-state index is 0.225. The van der Waals surface area contributed by atoms with E-state index in [0.29, 0.717) is 6.42 Å². The van der Waals surface area contributed by atoms with Crippen molar-refractivity contribution in [2.45, 2.75) is 19.8 Å². The van der Waals surface area contributed by atoms with Crippen molar-refractivity contribution < 1.29 is 4.79 Å². The monoisotopic (exact) mass is 125 g/mol. The number of carbonyl (C=O) groups is 1. The molecule has 1 fully saturated rings. The summed E-state index contributed by atoms with van der Waals surface area (Å²) >= 11 is 0. The molecule has 2 heteroatoms. The predicted molar refractivity (Wildman–Crippen MR) is 35.8 cm³/mol. The van der Waals surface area contributed by atoms with Crippen LogP contribution >= 0.6 is 0 Å². The fourth-order valence-electron chi connectivity index (χ4n) is 1.10. The minimum absolute atomic E-state index is 0.225. The van der Waals surface area contributed by atoms with Gasteiger partial charge in [0.1, 0.15) is 0 Å². The second-order valence-electron chi connectivity index (χ2n) is 2.20. The Balaban J connectivity index is 2.66. The lowest BCUT2D eigenvalue weighted by molar-refractivity contribution is -0.126. The van der Waals surface area contributed by atoms with E-state index < -0.39 is 0 Å². The molecule has 1 aliphatic rings. The third-order valence-corrected chi connectivity index (χ3v) is 1.63. The number of allylic oxidation sites excluding steroid dienone is 1. The van der Waals surface area contributed by atoms with Gasteiger partial charge in [-0.3, -0.25) is 4.79 Å². The maximum Gasteiger partial charge on any atom is 0.227 e. The maximum absolute atomic E-state index is 10.9. The summed E-state index contributed by atoms with van der Waals surface area (Å²) in [5, 5.41) is 0. The summed E-state index contributed by atoms with van der Waals surface area (Å²) in [4.78, 5) is 12.6. The third kappa shape index (κ3) is 0.969. The van der Waals surface area contributed by atoms with E-state index in [1.165, 1.54) is 0 Å². The second kappa shape index (κ2) is 2.21. The average Bonchev–Trinajstić information content (AvgIpc) is 2.12. The number of rotatable bonds is 1. The first-order valence-corrected chi connectivity index (χ1v) is 3.24. The molecule has 1 amide bonds. The Morgan fingerprint density at radius 3 is 2.56 bits per heavy atom. The lowest BCUT2D eigenvalue weighted by atomic mass is 10.3. The first-order chi connectivity index (χ1) is 4.25. The Morgan fingerprint density at radius 1 is 1.67 bits per heavy atom. The molecular formula is C7H11NO. The quantitative estimate of drug-likeness (QED) is 0.514. The van der Waals surface area contributed by atoms with E-state index in [-0.39, 0.29) is 5.91 Å². The van der Waals surface area contributed by atoms with Crippen LogP contribution in [0.5, 0.6) is 0 Å². The molecule has 0 N–H and O–H groups in total. The van der Waals surface area contributed by atoms with Crippen LogP contribution < -0.4 is 0 Å². The van der Waals surface area contributed by atoms with Gasteiger partial charge >= 0.3 is 0 Å². The molecule has 0 aromatic rings. The van der Waals surface area contributed by atoms with Crippen LogP contribution in [-0.2, 0) is 4.79 Å². The normalized spacial score (nSPS) is 19.4. The lowest BCUT2D eigenvalue weighted by Gasteiger charge is -2.12. The number of carbonyl (C=O) groups excluding carboxylic acids is 1. The zero-order valence-corrected chi connectivity index (χ0v) is 5.68. The molecule has 0 saturated carbocycles. The number of amides is 1. The third-order valence-electron chi connectivity index (χ3n) is 1.63. The predicted octanol–water partition coefficient (Wildman–Crippen LogP) is 1.14. The lowest BCUT2D eigenvalue weighted by Crippen LogP contribution is -2.21. The van der Waals surface area contributed by atoms with Gasteiger partial charge in [0.15, 0.2) is 0 Å². The molecule has 0 aromatic heterocycles. The molecule has 0 aliphatic carbocycles. The molecule has 1 aliphatic heterocycles. The molecule has 1 saturated heterocycles. The highest BCUT2D eigenvalue weighted by molar-refractivity contribution is 5.80. The number of nitrogens with zero attached hydrogens (tertiary/aromatic N) is 1. The fourth-order valence-corrected chi connectivity index (χ4v) is 1.10. The SMILES string of the molecule is C=C1CCC(=O)N1CC. The smallest absolute Gasteiger partial charge is 0.227 e. The molecule has 50 valence electrons. The van der Waals surface area contributed by atoms with Crippen molar-refractivity contribution in [2.75, 3.05) is 6.54 Å². The summed E-state index contributed by atoms with van der Waals surface area (Å²) in [7, 11) is 0. The molecular weight excluding hydrogens is 114 g/mol. The summed E-state index contributed by atoms with van der Waals surface area (Å²) in [5.41, 5.74) is 0.975. The molecule has 2 nitrogen and oxygen atoms in total. The van der Waals surface area contributed by atoms with Gasteiger partial charge in [-0.15, -0.1) is 0 Å². The Morgan fingerprint density at radius 2 is 2.33 bits per heavy atom. The Kier molecular flexibility index (Phi) is 1.56.